The largest absolute Gasteiger partial charge is 0.458 e. The van der Waals surface area contributed by atoms with Gasteiger partial charge >= 0.3 is 5.97 Å². The average Bonchev–Trinajstić information content (AvgIpc) is 3.53. The van der Waals surface area contributed by atoms with Crippen molar-refractivity contribution in [2.24, 2.45) is 28.6 Å². The van der Waals surface area contributed by atoms with Gasteiger partial charge in [-0.25, -0.2) is 4.79 Å². The molecular weight excluding hydrogens is 805 g/mol. The van der Waals surface area contributed by atoms with Crippen LogP contribution >= 0.6 is 0 Å². The van der Waals surface area contributed by atoms with Crippen LogP contribution in [0.5, 0.6) is 0 Å². The molecule has 0 spiro atoms. The molecule has 4 aliphatic carbocycles. The molecule has 3 heterocycles. The first-order chi connectivity index (χ1) is 29.3. The van der Waals surface area contributed by atoms with Gasteiger partial charge in [-0.05, 0) is 104 Å². The predicted octanol–water partition coefficient (Wildman–Crippen LogP) is 4.69. The number of rotatable bonds is 12. The Hall–Kier alpha value is -1.86. The molecule has 6 fully saturated rings. The highest BCUT2D eigenvalue weighted by atomic mass is 16.8. The fraction of sp³-hybridized carbons (Fsp3) is 0.872. The monoisotopic (exact) mass is 879 g/mol. The molecule has 3 N–H and O–H groups in total. The summed E-state index contributed by atoms with van der Waals surface area (Å²) >= 11 is 0. The topological polar surface area (TPSA) is 187 Å². The summed E-state index contributed by atoms with van der Waals surface area (Å²) in [6, 6.07) is 0. The zero-order chi connectivity index (χ0) is 45.1. The molecule has 15 heteroatoms. The van der Waals surface area contributed by atoms with Crippen molar-refractivity contribution in [3.8, 4) is 0 Å². The highest BCUT2D eigenvalue weighted by molar-refractivity contribution is 5.88. The van der Waals surface area contributed by atoms with Crippen LogP contribution in [0, 0.1) is 28.6 Å². The summed E-state index contributed by atoms with van der Waals surface area (Å²) in [6.45, 7) is 15.0. The van der Waals surface area contributed by atoms with E-state index in [-0.39, 0.29) is 41.2 Å². The van der Waals surface area contributed by atoms with E-state index in [1.807, 2.05) is 27.7 Å². The third kappa shape index (κ3) is 8.42. The zero-order valence-electron chi connectivity index (χ0n) is 38.7. The van der Waals surface area contributed by atoms with E-state index in [1.165, 1.54) is 12.7 Å². The smallest absolute Gasteiger partial charge is 0.333 e. The highest BCUT2D eigenvalue weighted by Gasteiger charge is 2.71. The van der Waals surface area contributed by atoms with E-state index in [0.29, 0.717) is 44.1 Å². The molecule has 15 nitrogen and oxygen atoms in total. The first-order valence-electron chi connectivity index (χ1n) is 23.0. The number of aliphatic hydroxyl groups excluding tert-OH is 2. The van der Waals surface area contributed by atoms with Crippen LogP contribution in [-0.4, -0.2) is 146 Å². The lowest BCUT2D eigenvalue weighted by atomic mass is 9.45. The van der Waals surface area contributed by atoms with Crippen molar-refractivity contribution < 1.29 is 72.3 Å². The Labute approximate surface area is 367 Å². The van der Waals surface area contributed by atoms with Gasteiger partial charge in [0.15, 0.2) is 18.9 Å². The van der Waals surface area contributed by atoms with Gasteiger partial charge in [0.05, 0.1) is 42.2 Å². The number of esters is 1. The zero-order valence-corrected chi connectivity index (χ0v) is 38.7. The lowest BCUT2D eigenvalue weighted by molar-refractivity contribution is -0.352. The summed E-state index contributed by atoms with van der Waals surface area (Å²) in [6.07, 6.45) is 0.173. The first kappa shape index (κ1) is 48.1. The van der Waals surface area contributed by atoms with E-state index < -0.39 is 96.9 Å². The van der Waals surface area contributed by atoms with Crippen LogP contribution in [0.15, 0.2) is 23.3 Å². The van der Waals surface area contributed by atoms with Crippen LogP contribution in [0.3, 0.4) is 0 Å². The van der Waals surface area contributed by atoms with Gasteiger partial charge in [0.25, 0.3) is 0 Å². The quantitative estimate of drug-likeness (QED) is 0.139. The van der Waals surface area contributed by atoms with Crippen LogP contribution in [-0.2, 0) is 57.0 Å². The molecule has 7 aliphatic rings. The number of ether oxygens (including phenoxy) is 10. The van der Waals surface area contributed by atoms with Gasteiger partial charge in [-0.3, -0.25) is 4.79 Å². The van der Waals surface area contributed by atoms with E-state index in [1.54, 1.807) is 41.1 Å². The molecular formula is C47H74O15. The number of methoxy groups -OCH3 is 3. The average molecular weight is 879 g/mol. The van der Waals surface area contributed by atoms with E-state index in [0.717, 1.165) is 19.3 Å². The maximum atomic E-state index is 13.3. The van der Waals surface area contributed by atoms with E-state index in [2.05, 4.69) is 13.0 Å². The Morgan fingerprint density at radius 3 is 2.00 bits per heavy atom. The number of hydrogen-bond acceptors (Lipinski definition) is 15. The molecule has 0 aromatic carbocycles. The second-order valence-electron chi connectivity index (χ2n) is 19.8. The minimum absolute atomic E-state index is 0.0391. The maximum absolute atomic E-state index is 13.3. The molecule has 3 saturated carbocycles. The molecule has 7 rings (SSSR count). The fourth-order valence-corrected chi connectivity index (χ4v) is 12.8. The van der Waals surface area contributed by atoms with E-state index in [4.69, 9.17) is 47.4 Å². The standard InChI is InChI=1S/C47H74O15/c1-12-23(2)43(51)60-35-20-32-31(47(52)18-16-30(24(3)48)46(35,47)8)14-13-28-19-29(15-17-45(28,32)7)59-36-21-33(53-9)40(26(5)56-36)61-37-22-34(54-10)41(27(6)57-37)62-44-39(50)42(55-11)38(49)25(4)58-44/h12-13,25-27,29-42,44,49-50,52H,14-22H2,1-11H3/b23-12+/t25-,26-,27-,29+,30-,31?,32+,33+,34+,35-,36+,37+,38-,39-,40-,41-,42-,44+,45+,46+,47+/m1/s1. The van der Waals surface area contributed by atoms with Gasteiger partial charge in [0.1, 0.15) is 42.4 Å². The molecule has 1 unspecified atom stereocenters. The Morgan fingerprint density at radius 1 is 0.774 bits per heavy atom. The van der Waals surface area contributed by atoms with Crippen LogP contribution in [0.2, 0.25) is 0 Å². The number of Topliss-reactive ketones (excluding diaryl/α,β-unsaturated/α-hetero) is 1. The number of carbonyl (C=O) groups is 2. The normalized spacial score (nSPS) is 49.6. The van der Waals surface area contributed by atoms with Gasteiger partial charge in [0, 0.05) is 51.1 Å². The summed E-state index contributed by atoms with van der Waals surface area (Å²) in [5.41, 5.74) is -0.439. The lowest BCUT2D eigenvalue weighted by Crippen LogP contribution is -2.66. The second-order valence-corrected chi connectivity index (χ2v) is 19.8. The summed E-state index contributed by atoms with van der Waals surface area (Å²) < 4.78 is 61.8. The lowest BCUT2D eigenvalue weighted by Gasteiger charge is -2.63. The van der Waals surface area contributed by atoms with E-state index in [9.17, 15) is 24.9 Å². The number of ketones is 1. The molecule has 62 heavy (non-hydrogen) atoms. The SMILES string of the molecule is C/C=C(\C)C(=O)O[C@@H]1C[C@H]2C(CC=C3C[C@@H](O[C@H]4C[C@H](OC)[C@H](O[C@H]5C[C@H](OC)[C@H](O[C@@H]6O[C@H](C)[C@@H](O)[C@@H](OC)[C@H]6O)[C@@H](C)O5)[C@@H](C)O4)CC[C@@]32C)[C@@]2(O)CC[C@H](C(C)=O)[C@@]12C. The number of allylic oxidation sites excluding steroid dienone is 2. The molecule has 0 aromatic rings. The minimum atomic E-state index is -1.22. The van der Waals surface area contributed by atoms with Crippen molar-refractivity contribution in [3.05, 3.63) is 23.3 Å². The minimum Gasteiger partial charge on any atom is -0.458 e. The molecule has 0 amide bonds. The van der Waals surface area contributed by atoms with Crippen molar-refractivity contribution in [1.29, 1.82) is 0 Å². The fourth-order valence-electron chi connectivity index (χ4n) is 12.8. The van der Waals surface area contributed by atoms with Crippen molar-refractivity contribution in [1.82, 2.24) is 0 Å². The molecule has 3 saturated heterocycles. The van der Waals surface area contributed by atoms with E-state index >= 15 is 0 Å². The number of fused-ring (bicyclic) bond motifs is 5. The molecule has 3 aliphatic heterocycles. The van der Waals surface area contributed by atoms with Crippen molar-refractivity contribution >= 4 is 11.8 Å². The third-order valence-corrected chi connectivity index (χ3v) is 16.6. The Kier molecular flexibility index (Phi) is 14.6. The van der Waals surface area contributed by atoms with Gasteiger partial charge in [-0.1, -0.05) is 31.6 Å². The number of carbonyl (C=O) groups excluding carboxylic acids is 2. The molecule has 21 atom stereocenters. The van der Waals surface area contributed by atoms with Crippen LogP contribution in [0.1, 0.15) is 113 Å². The van der Waals surface area contributed by atoms with Crippen LogP contribution in [0.25, 0.3) is 0 Å². The Balaban J connectivity index is 0.980. The Morgan fingerprint density at radius 2 is 1.40 bits per heavy atom. The summed E-state index contributed by atoms with van der Waals surface area (Å²) in [5, 5.41) is 34.1. The van der Waals surface area contributed by atoms with Gasteiger partial charge < -0.3 is 62.7 Å². The second kappa shape index (κ2) is 18.8. The Bertz CT molecular complexity index is 1670. The third-order valence-electron chi connectivity index (χ3n) is 16.6. The molecule has 0 bridgehead atoms. The van der Waals surface area contributed by atoms with Crippen LogP contribution < -0.4 is 0 Å². The van der Waals surface area contributed by atoms with Crippen molar-refractivity contribution in [2.45, 2.75) is 211 Å². The summed E-state index contributed by atoms with van der Waals surface area (Å²) in [7, 11) is 4.68. The predicted molar refractivity (Wildman–Crippen MR) is 223 cm³/mol. The first-order valence-corrected chi connectivity index (χ1v) is 23.0. The van der Waals surface area contributed by atoms with Gasteiger partial charge in [0.2, 0.25) is 0 Å². The molecule has 0 aromatic heterocycles. The van der Waals surface area contributed by atoms with Gasteiger partial charge in [-0.15, -0.1) is 0 Å². The van der Waals surface area contributed by atoms with Gasteiger partial charge in [-0.2, -0.15) is 0 Å². The maximum Gasteiger partial charge on any atom is 0.333 e. The molecule has 0 radical (unpaired) electrons. The molecule has 352 valence electrons. The number of aliphatic hydroxyl groups is 3. The van der Waals surface area contributed by atoms with Crippen molar-refractivity contribution in [3.63, 3.8) is 0 Å². The summed E-state index contributed by atoms with van der Waals surface area (Å²) in [4.78, 5) is 26.4. The number of hydrogen-bond donors (Lipinski definition) is 3. The van der Waals surface area contributed by atoms with Crippen molar-refractivity contribution in [2.75, 3.05) is 21.3 Å². The summed E-state index contributed by atoms with van der Waals surface area (Å²) in [5.74, 6) is -0.727. The highest BCUT2D eigenvalue weighted by Crippen LogP contribution is 2.68. The van der Waals surface area contributed by atoms with Crippen LogP contribution in [0.4, 0.5) is 0 Å².